The van der Waals surface area contributed by atoms with E-state index in [1.165, 1.54) is 19.8 Å². The number of hydrogen-bond donors (Lipinski definition) is 1. The van der Waals surface area contributed by atoms with Crippen LogP contribution in [0.5, 0.6) is 0 Å². The van der Waals surface area contributed by atoms with Gasteiger partial charge in [0.05, 0.1) is 12.5 Å². The van der Waals surface area contributed by atoms with E-state index in [9.17, 15) is 9.59 Å². The van der Waals surface area contributed by atoms with E-state index >= 15 is 0 Å². The van der Waals surface area contributed by atoms with Crippen LogP contribution in [0.15, 0.2) is 12.2 Å². The Morgan fingerprint density at radius 3 is 2.72 bits per heavy atom. The van der Waals surface area contributed by atoms with Crippen LogP contribution in [0.2, 0.25) is 0 Å². The van der Waals surface area contributed by atoms with E-state index < -0.39 is 0 Å². The molecule has 1 rings (SSSR count). The second-order valence-corrected chi connectivity index (χ2v) is 4.76. The van der Waals surface area contributed by atoms with Crippen LogP contribution in [0.1, 0.15) is 46.0 Å². The highest BCUT2D eigenvalue weighted by atomic mass is 16.5. The summed E-state index contributed by atoms with van der Waals surface area (Å²) in [4.78, 5) is 22.6. The number of unbranched alkanes of at least 4 members (excludes halogenated alkanes) is 3. The lowest BCUT2D eigenvalue weighted by atomic mass is 10.1. The minimum atomic E-state index is -0.201. The Morgan fingerprint density at radius 1 is 1.28 bits per heavy atom. The van der Waals surface area contributed by atoms with E-state index in [0.717, 1.165) is 12.8 Å². The monoisotopic (exact) mass is 253 g/mol. The number of amides is 1. The molecule has 0 aromatic carbocycles. The molecule has 18 heavy (non-hydrogen) atoms. The van der Waals surface area contributed by atoms with Crippen LogP contribution in [-0.4, -0.2) is 24.5 Å². The third-order valence-electron chi connectivity index (χ3n) is 3.02. The lowest BCUT2D eigenvalue weighted by Crippen LogP contribution is -2.31. The van der Waals surface area contributed by atoms with Crippen LogP contribution in [-0.2, 0) is 14.3 Å². The van der Waals surface area contributed by atoms with Gasteiger partial charge in [0, 0.05) is 13.0 Å². The molecule has 0 aromatic rings. The Kier molecular flexibility index (Phi) is 6.47. The number of carbonyl (C=O) groups is 2. The maximum atomic E-state index is 11.7. The normalized spacial score (nSPS) is 21.9. The molecule has 2 atom stereocenters. The van der Waals surface area contributed by atoms with Gasteiger partial charge in [-0.15, -0.1) is 0 Å². The molecule has 0 fully saturated rings. The zero-order valence-electron chi connectivity index (χ0n) is 11.3. The minimum absolute atomic E-state index is 0.0276. The Balaban J connectivity index is 2.16. The smallest absolute Gasteiger partial charge is 0.312 e. The number of ether oxygens (including phenoxy) is 1. The Bertz CT molecular complexity index is 312. The van der Waals surface area contributed by atoms with E-state index in [4.69, 9.17) is 4.74 Å². The van der Waals surface area contributed by atoms with Crippen LogP contribution >= 0.6 is 0 Å². The Morgan fingerprint density at radius 2 is 2.06 bits per heavy atom. The number of carbonyl (C=O) groups excluding carboxylic acids is 2. The SMILES string of the molecule is CCCCCCOC(=O)[C@@H]1C=C[C@H](NC(C)=O)C1. The largest absolute Gasteiger partial charge is 0.465 e. The van der Waals surface area contributed by atoms with Gasteiger partial charge in [-0.2, -0.15) is 0 Å². The fourth-order valence-electron chi connectivity index (χ4n) is 2.05. The van der Waals surface area contributed by atoms with Crippen molar-refractivity contribution < 1.29 is 14.3 Å². The van der Waals surface area contributed by atoms with Crippen molar-refractivity contribution in [1.29, 1.82) is 0 Å². The van der Waals surface area contributed by atoms with Crippen LogP contribution in [0, 0.1) is 5.92 Å². The zero-order chi connectivity index (χ0) is 13.4. The fourth-order valence-corrected chi connectivity index (χ4v) is 2.05. The van der Waals surface area contributed by atoms with Gasteiger partial charge >= 0.3 is 5.97 Å². The maximum Gasteiger partial charge on any atom is 0.312 e. The third kappa shape index (κ3) is 5.34. The summed E-state index contributed by atoms with van der Waals surface area (Å²) in [5.74, 6) is -0.443. The van der Waals surface area contributed by atoms with Gasteiger partial charge in [0.15, 0.2) is 0 Å². The predicted molar refractivity (Wildman–Crippen MR) is 70.0 cm³/mol. The van der Waals surface area contributed by atoms with E-state index in [-0.39, 0.29) is 23.8 Å². The molecule has 1 aliphatic rings. The molecule has 0 spiro atoms. The molecule has 4 heteroatoms. The summed E-state index contributed by atoms with van der Waals surface area (Å²) in [7, 11) is 0. The standard InChI is InChI=1S/C14H23NO3/c1-3-4-5-6-9-18-14(17)12-7-8-13(10-12)15-11(2)16/h7-8,12-13H,3-6,9-10H2,1-2H3,(H,15,16)/t12-,13+/m1/s1. The van der Waals surface area contributed by atoms with Crippen molar-refractivity contribution in [1.82, 2.24) is 5.32 Å². The second-order valence-electron chi connectivity index (χ2n) is 4.76. The number of rotatable bonds is 7. The average molecular weight is 253 g/mol. The summed E-state index contributed by atoms with van der Waals surface area (Å²) in [6.07, 6.45) is 8.72. The molecular formula is C14H23NO3. The molecule has 0 aliphatic heterocycles. The summed E-state index contributed by atoms with van der Waals surface area (Å²) in [5, 5.41) is 2.78. The summed E-state index contributed by atoms with van der Waals surface area (Å²) in [5.41, 5.74) is 0. The zero-order valence-corrected chi connectivity index (χ0v) is 11.3. The van der Waals surface area contributed by atoms with E-state index in [0.29, 0.717) is 13.0 Å². The number of hydrogen-bond acceptors (Lipinski definition) is 3. The van der Waals surface area contributed by atoms with Crippen molar-refractivity contribution in [2.45, 2.75) is 52.0 Å². The van der Waals surface area contributed by atoms with Crippen molar-refractivity contribution in [2.75, 3.05) is 6.61 Å². The molecule has 0 saturated heterocycles. The van der Waals surface area contributed by atoms with Gasteiger partial charge in [-0.1, -0.05) is 38.3 Å². The van der Waals surface area contributed by atoms with E-state index in [2.05, 4.69) is 12.2 Å². The summed E-state index contributed by atoms with van der Waals surface area (Å²) in [6.45, 7) is 4.14. The quantitative estimate of drug-likeness (QED) is 0.430. The summed E-state index contributed by atoms with van der Waals surface area (Å²) < 4.78 is 5.22. The topological polar surface area (TPSA) is 55.4 Å². The van der Waals surface area contributed by atoms with Crippen molar-refractivity contribution in [3.63, 3.8) is 0 Å². The van der Waals surface area contributed by atoms with Gasteiger partial charge in [0.1, 0.15) is 0 Å². The Labute approximate surface area is 109 Å². The average Bonchev–Trinajstić information content (AvgIpc) is 2.76. The molecule has 0 saturated carbocycles. The molecule has 102 valence electrons. The first-order valence-corrected chi connectivity index (χ1v) is 6.75. The summed E-state index contributed by atoms with van der Waals surface area (Å²) in [6, 6.07) is -0.0276. The fraction of sp³-hybridized carbons (Fsp3) is 0.714. The molecule has 0 heterocycles. The first-order chi connectivity index (χ1) is 8.63. The van der Waals surface area contributed by atoms with Gasteiger partial charge in [-0.3, -0.25) is 9.59 Å². The van der Waals surface area contributed by atoms with Gasteiger partial charge in [0.2, 0.25) is 5.91 Å². The molecule has 4 nitrogen and oxygen atoms in total. The highest BCUT2D eigenvalue weighted by Crippen LogP contribution is 2.19. The lowest BCUT2D eigenvalue weighted by Gasteiger charge is -2.12. The van der Waals surface area contributed by atoms with Gasteiger partial charge < -0.3 is 10.1 Å². The van der Waals surface area contributed by atoms with Gasteiger partial charge in [-0.05, 0) is 12.8 Å². The highest BCUT2D eigenvalue weighted by Gasteiger charge is 2.26. The van der Waals surface area contributed by atoms with Gasteiger partial charge in [-0.25, -0.2) is 0 Å². The molecule has 1 N–H and O–H groups in total. The number of nitrogens with one attached hydrogen (secondary N) is 1. The van der Waals surface area contributed by atoms with Crippen molar-refractivity contribution in [3.8, 4) is 0 Å². The van der Waals surface area contributed by atoms with Crippen LogP contribution in [0.4, 0.5) is 0 Å². The van der Waals surface area contributed by atoms with E-state index in [1.807, 2.05) is 12.2 Å². The predicted octanol–water partition coefficient (Wildman–Crippen LogP) is 2.19. The lowest BCUT2D eigenvalue weighted by molar-refractivity contribution is -0.147. The first-order valence-electron chi connectivity index (χ1n) is 6.75. The van der Waals surface area contributed by atoms with Gasteiger partial charge in [0.25, 0.3) is 0 Å². The molecule has 0 radical (unpaired) electrons. The molecule has 0 aromatic heterocycles. The molecule has 0 bridgehead atoms. The third-order valence-corrected chi connectivity index (χ3v) is 3.02. The minimum Gasteiger partial charge on any atom is -0.465 e. The second kappa shape index (κ2) is 7.90. The first kappa shape index (κ1) is 14.7. The molecule has 0 unspecified atom stereocenters. The van der Waals surface area contributed by atoms with Crippen LogP contribution in [0.25, 0.3) is 0 Å². The number of esters is 1. The van der Waals surface area contributed by atoms with Crippen molar-refractivity contribution in [3.05, 3.63) is 12.2 Å². The van der Waals surface area contributed by atoms with Crippen molar-refractivity contribution >= 4 is 11.9 Å². The van der Waals surface area contributed by atoms with E-state index in [1.54, 1.807) is 0 Å². The maximum absolute atomic E-state index is 11.7. The highest BCUT2D eigenvalue weighted by molar-refractivity contribution is 5.77. The molecule has 1 aliphatic carbocycles. The summed E-state index contributed by atoms with van der Waals surface area (Å²) >= 11 is 0. The van der Waals surface area contributed by atoms with Crippen LogP contribution < -0.4 is 5.32 Å². The van der Waals surface area contributed by atoms with Crippen LogP contribution in [0.3, 0.4) is 0 Å². The molecular weight excluding hydrogens is 230 g/mol. The molecule has 1 amide bonds. The van der Waals surface area contributed by atoms with Crippen molar-refractivity contribution in [2.24, 2.45) is 5.92 Å². The Hall–Kier alpha value is -1.32.